The van der Waals surface area contributed by atoms with Crippen LogP contribution in [0.25, 0.3) is 0 Å². The van der Waals surface area contributed by atoms with Gasteiger partial charge in [0.05, 0.1) is 0 Å². The fourth-order valence-corrected chi connectivity index (χ4v) is 1.41. The minimum Gasteiger partial charge on any atom is -0.303 e. The number of aldehydes is 1. The highest BCUT2D eigenvalue weighted by Crippen LogP contribution is 2.10. The van der Waals surface area contributed by atoms with Crippen LogP contribution in [-0.2, 0) is 4.79 Å². The normalized spacial score (nSPS) is 19.5. The van der Waals surface area contributed by atoms with Gasteiger partial charge in [0.15, 0.2) is 0 Å². The molecule has 1 rings (SSSR count). The van der Waals surface area contributed by atoms with Crippen LogP contribution < -0.4 is 0 Å². The number of hydrogen-bond acceptors (Lipinski definition) is 2. The lowest BCUT2D eigenvalue weighted by Crippen LogP contribution is -2.29. The smallest absolute Gasteiger partial charge is 0.124 e. The van der Waals surface area contributed by atoms with Crippen LogP contribution in [0.1, 0.15) is 19.8 Å². The van der Waals surface area contributed by atoms with E-state index in [4.69, 9.17) is 0 Å². The van der Waals surface area contributed by atoms with Gasteiger partial charge in [-0.1, -0.05) is 18.6 Å². The van der Waals surface area contributed by atoms with E-state index in [1.807, 2.05) is 0 Å². The maximum Gasteiger partial charge on any atom is 0.124 e. The molecule has 0 fully saturated rings. The molecular weight excluding hydrogens is 138 g/mol. The first kappa shape index (κ1) is 8.47. The van der Waals surface area contributed by atoms with E-state index in [1.54, 1.807) is 0 Å². The summed E-state index contributed by atoms with van der Waals surface area (Å²) in [5.41, 5.74) is 1.29. The zero-order valence-corrected chi connectivity index (χ0v) is 7.05. The molecule has 0 atom stereocenters. The Morgan fingerprint density at radius 3 is 3.18 bits per heavy atom. The molecule has 1 aliphatic rings. The van der Waals surface area contributed by atoms with Crippen molar-refractivity contribution in [1.82, 2.24) is 4.90 Å². The van der Waals surface area contributed by atoms with Gasteiger partial charge in [-0.15, -0.1) is 0 Å². The van der Waals surface area contributed by atoms with Gasteiger partial charge in [0.2, 0.25) is 0 Å². The summed E-state index contributed by atoms with van der Waals surface area (Å²) >= 11 is 0. The maximum absolute atomic E-state index is 10.2. The van der Waals surface area contributed by atoms with Crippen molar-refractivity contribution in [3.8, 4) is 0 Å². The monoisotopic (exact) mass is 153 g/mol. The summed E-state index contributed by atoms with van der Waals surface area (Å²) in [4.78, 5) is 12.6. The largest absolute Gasteiger partial charge is 0.303 e. The molecule has 11 heavy (non-hydrogen) atoms. The molecule has 0 spiro atoms. The Morgan fingerprint density at radius 1 is 1.73 bits per heavy atom. The van der Waals surface area contributed by atoms with Crippen LogP contribution in [0.3, 0.4) is 0 Å². The van der Waals surface area contributed by atoms with Crippen LogP contribution in [0.15, 0.2) is 11.6 Å². The molecule has 1 aliphatic heterocycles. The minimum absolute atomic E-state index is 0.622. The fraction of sp³-hybridized carbons (Fsp3) is 0.667. The lowest BCUT2D eigenvalue weighted by molar-refractivity contribution is -0.107. The van der Waals surface area contributed by atoms with Crippen molar-refractivity contribution in [3.05, 3.63) is 11.6 Å². The Morgan fingerprint density at radius 2 is 2.55 bits per heavy atom. The van der Waals surface area contributed by atoms with E-state index in [0.717, 1.165) is 32.3 Å². The van der Waals surface area contributed by atoms with Gasteiger partial charge < -0.3 is 4.79 Å². The van der Waals surface area contributed by atoms with E-state index in [-0.39, 0.29) is 0 Å². The van der Waals surface area contributed by atoms with Crippen molar-refractivity contribution in [3.63, 3.8) is 0 Å². The molecule has 1 heterocycles. The third kappa shape index (κ3) is 2.46. The minimum atomic E-state index is 0.622. The second kappa shape index (κ2) is 4.29. The van der Waals surface area contributed by atoms with Crippen LogP contribution in [0.2, 0.25) is 0 Å². The van der Waals surface area contributed by atoms with Crippen LogP contribution in [0.5, 0.6) is 0 Å². The van der Waals surface area contributed by atoms with Crippen molar-refractivity contribution in [2.75, 3.05) is 19.6 Å². The molecule has 0 aromatic carbocycles. The predicted molar refractivity (Wildman–Crippen MR) is 45.5 cm³/mol. The maximum atomic E-state index is 10.2. The van der Waals surface area contributed by atoms with Gasteiger partial charge in [-0.3, -0.25) is 4.90 Å². The second-order valence-corrected chi connectivity index (χ2v) is 2.89. The van der Waals surface area contributed by atoms with Gasteiger partial charge in [-0.25, -0.2) is 0 Å². The van der Waals surface area contributed by atoms with Gasteiger partial charge in [-0.05, 0) is 13.0 Å². The molecule has 0 amide bonds. The predicted octanol–water partition coefficient (Wildman–Crippen LogP) is 1.23. The van der Waals surface area contributed by atoms with E-state index < -0.39 is 0 Å². The number of nitrogens with zero attached hydrogens (tertiary/aromatic N) is 1. The van der Waals surface area contributed by atoms with E-state index in [0.29, 0.717) is 6.42 Å². The SMILES string of the molecule is CCN1CCC=C(CC=O)C1. The molecule has 0 radical (unpaired) electrons. The summed E-state index contributed by atoms with van der Waals surface area (Å²) in [6.45, 7) is 5.40. The zero-order valence-electron chi connectivity index (χ0n) is 7.05. The Balaban J connectivity index is 2.41. The topological polar surface area (TPSA) is 20.3 Å². The van der Waals surface area contributed by atoms with Crippen molar-refractivity contribution in [2.24, 2.45) is 0 Å². The highest BCUT2D eigenvalue weighted by atomic mass is 16.1. The summed E-state index contributed by atoms with van der Waals surface area (Å²) < 4.78 is 0. The molecule has 0 saturated heterocycles. The first-order valence-electron chi connectivity index (χ1n) is 4.20. The second-order valence-electron chi connectivity index (χ2n) is 2.89. The van der Waals surface area contributed by atoms with Gasteiger partial charge in [-0.2, -0.15) is 0 Å². The van der Waals surface area contributed by atoms with Crippen molar-refractivity contribution < 1.29 is 4.79 Å². The lowest BCUT2D eigenvalue weighted by Gasteiger charge is -2.24. The third-order valence-corrected chi connectivity index (χ3v) is 2.10. The Labute approximate surface area is 67.9 Å². The molecule has 0 bridgehead atoms. The lowest BCUT2D eigenvalue weighted by atomic mass is 10.1. The van der Waals surface area contributed by atoms with Crippen molar-refractivity contribution in [2.45, 2.75) is 19.8 Å². The Kier molecular flexibility index (Phi) is 3.30. The Bertz CT molecular complexity index is 163. The van der Waals surface area contributed by atoms with Crippen molar-refractivity contribution >= 4 is 6.29 Å². The quantitative estimate of drug-likeness (QED) is 0.449. The van der Waals surface area contributed by atoms with Crippen LogP contribution in [0, 0.1) is 0 Å². The first-order valence-corrected chi connectivity index (χ1v) is 4.20. The highest BCUT2D eigenvalue weighted by molar-refractivity contribution is 5.54. The number of likely N-dealkylation sites (N-methyl/N-ethyl adjacent to an activating group) is 1. The van der Waals surface area contributed by atoms with Gasteiger partial charge in [0.1, 0.15) is 6.29 Å². The molecule has 0 unspecified atom stereocenters. The molecule has 0 N–H and O–H groups in total. The van der Waals surface area contributed by atoms with Crippen LogP contribution >= 0.6 is 0 Å². The summed E-state index contributed by atoms with van der Waals surface area (Å²) in [5, 5.41) is 0. The molecular formula is C9H15NO. The zero-order chi connectivity index (χ0) is 8.10. The molecule has 2 heteroatoms. The van der Waals surface area contributed by atoms with E-state index in [9.17, 15) is 4.79 Å². The molecule has 0 aromatic heterocycles. The van der Waals surface area contributed by atoms with Gasteiger partial charge in [0, 0.05) is 19.5 Å². The average molecular weight is 153 g/mol. The molecule has 0 saturated carbocycles. The summed E-state index contributed by atoms with van der Waals surface area (Å²) in [7, 11) is 0. The van der Waals surface area contributed by atoms with E-state index in [1.165, 1.54) is 5.57 Å². The average Bonchev–Trinajstić information content (AvgIpc) is 2.06. The van der Waals surface area contributed by atoms with Crippen LogP contribution in [0.4, 0.5) is 0 Å². The molecule has 0 aliphatic carbocycles. The van der Waals surface area contributed by atoms with Gasteiger partial charge in [0.25, 0.3) is 0 Å². The fourth-order valence-electron chi connectivity index (χ4n) is 1.41. The summed E-state index contributed by atoms with van der Waals surface area (Å²) in [6, 6.07) is 0. The first-order chi connectivity index (χ1) is 5.36. The summed E-state index contributed by atoms with van der Waals surface area (Å²) in [6.07, 6.45) is 4.92. The number of hydrogen-bond donors (Lipinski definition) is 0. The molecule has 62 valence electrons. The van der Waals surface area contributed by atoms with Crippen LogP contribution in [-0.4, -0.2) is 30.8 Å². The molecule has 2 nitrogen and oxygen atoms in total. The standard InChI is InChI=1S/C9H15NO/c1-2-10-6-3-4-9(8-10)5-7-11/h4,7H,2-3,5-6,8H2,1H3. The van der Waals surface area contributed by atoms with E-state index >= 15 is 0 Å². The highest BCUT2D eigenvalue weighted by Gasteiger charge is 2.09. The van der Waals surface area contributed by atoms with Crippen molar-refractivity contribution in [1.29, 1.82) is 0 Å². The van der Waals surface area contributed by atoms with Gasteiger partial charge >= 0.3 is 0 Å². The summed E-state index contributed by atoms with van der Waals surface area (Å²) in [5.74, 6) is 0. The number of carbonyl (C=O) groups is 1. The molecule has 0 aromatic rings. The van der Waals surface area contributed by atoms with E-state index in [2.05, 4.69) is 17.9 Å². The number of carbonyl (C=O) groups excluding carboxylic acids is 1. The Hall–Kier alpha value is -0.630. The third-order valence-electron chi connectivity index (χ3n) is 2.10. The number of rotatable bonds is 3.